The highest BCUT2D eigenvalue weighted by Crippen LogP contribution is 2.38. The van der Waals surface area contributed by atoms with Gasteiger partial charge in [-0.15, -0.1) is 0 Å². The van der Waals surface area contributed by atoms with Crippen LogP contribution in [0.25, 0.3) is 10.9 Å². The van der Waals surface area contributed by atoms with Crippen LogP contribution in [0.1, 0.15) is 48.1 Å². The van der Waals surface area contributed by atoms with E-state index < -0.39 is 23.0 Å². The van der Waals surface area contributed by atoms with Crippen LogP contribution < -0.4 is 15.6 Å². The fourth-order valence-electron chi connectivity index (χ4n) is 4.94. The van der Waals surface area contributed by atoms with Crippen molar-refractivity contribution in [1.82, 2.24) is 19.2 Å². The van der Waals surface area contributed by atoms with Gasteiger partial charge >= 0.3 is 0 Å². The Bertz CT molecular complexity index is 1390. The molecule has 2 fully saturated rings. The Morgan fingerprint density at radius 2 is 2.08 bits per heavy atom. The van der Waals surface area contributed by atoms with Gasteiger partial charge in [0.1, 0.15) is 5.82 Å². The second-order valence-electron chi connectivity index (χ2n) is 9.54. The average molecular weight is 530 g/mol. The van der Waals surface area contributed by atoms with E-state index in [1.807, 2.05) is 18.3 Å². The number of carbonyl (C=O) groups excluding carboxylic acids is 1. The van der Waals surface area contributed by atoms with Gasteiger partial charge < -0.3 is 14.8 Å². The maximum absolute atomic E-state index is 15.2. The van der Waals surface area contributed by atoms with E-state index in [9.17, 15) is 14.0 Å². The van der Waals surface area contributed by atoms with Gasteiger partial charge in [-0.2, -0.15) is 0 Å². The Kier molecular flexibility index (Phi) is 7.30. The number of hydrogen-bond donors (Lipinski definition) is 2. The molecule has 1 atom stereocenters. The van der Waals surface area contributed by atoms with Gasteiger partial charge in [0.15, 0.2) is 11.6 Å². The summed E-state index contributed by atoms with van der Waals surface area (Å²) in [6.07, 6.45) is 3.99. The first kappa shape index (κ1) is 25.8. The molecule has 37 heavy (non-hydrogen) atoms. The van der Waals surface area contributed by atoms with Gasteiger partial charge in [-0.1, -0.05) is 6.92 Å². The molecule has 0 amide bonds. The Hall–Kier alpha value is -2.86. The van der Waals surface area contributed by atoms with Crippen molar-refractivity contribution < 1.29 is 18.3 Å². The number of fused-ring (bicyclic) bond motifs is 1. The first-order chi connectivity index (χ1) is 17.8. The van der Waals surface area contributed by atoms with Crippen molar-refractivity contribution in [3.8, 4) is 0 Å². The number of ketones is 1. The molecule has 1 unspecified atom stereocenters. The third-order valence-corrected chi connectivity index (χ3v) is 8.10. The Labute approximate surface area is 217 Å². The van der Waals surface area contributed by atoms with Crippen molar-refractivity contribution in [1.29, 1.82) is 0 Å². The molecule has 2 aromatic carbocycles. The van der Waals surface area contributed by atoms with Crippen LogP contribution >= 0.6 is 12.1 Å². The molecule has 1 spiro atoms. The number of nitrogens with zero attached hydrogens (tertiary/aromatic N) is 3. The largest absolute Gasteiger partial charge is 0.373 e. The molecule has 8 nitrogen and oxygen atoms in total. The highest BCUT2D eigenvalue weighted by molar-refractivity contribution is 7.98. The second-order valence-corrected chi connectivity index (χ2v) is 10.6. The monoisotopic (exact) mass is 529 g/mol. The summed E-state index contributed by atoms with van der Waals surface area (Å²) in [5.41, 5.74) is -0.813. The number of benzene rings is 2. The van der Waals surface area contributed by atoms with Crippen LogP contribution in [0.3, 0.4) is 0 Å². The van der Waals surface area contributed by atoms with Crippen molar-refractivity contribution in [2.24, 2.45) is 0 Å². The highest BCUT2D eigenvalue weighted by Gasteiger charge is 2.42. The van der Waals surface area contributed by atoms with Crippen molar-refractivity contribution in [2.45, 2.75) is 37.8 Å². The summed E-state index contributed by atoms with van der Waals surface area (Å²) in [5, 5.41) is 3.55. The van der Waals surface area contributed by atoms with E-state index in [1.165, 1.54) is 30.6 Å². The Morgan fingerprint density at radius 1 is 1.30 bits per heavy atom. The van der Waals surface area contributed by atoms with Crippen LogP contribution in [0.2, 0.25) is 0 Å². The first-order valence-corrected chi connectivity index (χ1v) is 13.1. The molecule has 3 aromatic rings. The molecule has 5 rings (SSSR count). The lowest BCUT2D eigenvalue weighted by Gasteiger charge is -2.32. The number of nitrogens with one attached hydrogen (secondary N) is 2. The maximum Gasteiger partial charge on any atom is 0.261 e. The summed E-state index contributed by atoms with van der Waals surface area (Å²) in [4.78, 5) is 31.1. The standard InChI is InChI=1S/C26H29F2N5O3S/c1-3-32(2)37-31-21-7-5-19(27)22(23(21)28)24(34)16-4-6-20-18(12-16)25(35)33(15-30-20)17-13-26(36-14-17)8-10-29-11-9-26/h4-7,12,15,17,29,31H,3,8-11,13-14H2,1-2H3. The lowest BCUT2D eigenvalue weighted by atomic mass is 9.88. The topological polar surface area (TPSA) is 88.5 Å². The van der Waals surface area contributed by atoms with Gasteiger partial charge in [0.25, 0.3) is 5.56 Å². The predicted octanol–water partition coefficient (Wildman–Crippen LogP) is 3.92. The van der Waals surface area contributed by atoms with Gasteiger partial charge in [0.05, 0.1) is 46.7 Å². The number of carbonyl (C=O) groups is 1. The minimum atomic E-state index is -0.985. The summed E-state index contributed by atoms with van der Waals surface area (Å²) in [7, 11) is 1.81. The molecule has 0 aliphatic carbocycles. The van der Waals surface area contributed by atoms with Gasteiger partial charge in [-0.25, -0.2) is 18.1 Å². The highest BCUT2D eigenvalue weighted by atomic mass is 32.2. The zero-order valence-electron chi connectivity index (χ0n) is 20.7. The molecule has 196 valence electrons. The van der Waals surface area contributed by atoms with Gasteiger partial charge in [0.2, 0.25) is 0 Å². The molecule has 0 bridgehead atoms. The summed E-state index contributed by atoms with van der Waals surface area (Å²) in [6.45, 7) is 4.79. The number of halogens is 2. The molecule has 3 heterocycles. The normalized spacial score (nSPS) is 19.1. The molecule has 0 saturated carbocycles. The summed E-state index contributed by atoms with van der Waals surface area (Å²) < 4.78 is 42.2. The average Bonchev–Trinajstić information content (AvgIpc) is 3.31. The van der Waals surface area contributed by atoms with Crippen LogP contribution in [-0.4, -0.2) is 58.5 Å². The lowest BCUT2D eigenvalue weighted by Crippen LogP contribution is -2.41. The SMILES string of the molecule is CCN(C)SNc1ccc(F)c(C(=O)c2ccc3ncn(C4COC5(CCNCC5)C4)c(=O)c3c2)c1F. The van der Waals surface area contributed by atoms with Gasteiger partial charge in [0, 0.05) is 24.2 Å². The van der Waals surface area contributed by atoms with Crippen LogP contribution in [0.5, 0.6) is 0 Å². The van der Waals surface area contributed by atoms with Gasteiger partial charge in [-0.05, 0) is 69.7 Å². The summed E-state index contributed by atoms with van der Waals surface area (Å²) in [6, 6.07) is 6.47. The quantitative estimate of drug-likeness (QED) is 0.352. The zero-order valence-corrected chi connectivity index (χ0v) is 21.5. The Balaban J connectivity index is 1.46. The van der Waals surface area contributed by atoms with Crippen LogP contribution in [0.4, 0.5) is 14.5 Å². The van der Waals surface area contributed by atoms with E-state index in [-0.39, 0.29) is 33.8 Å². The second kappa shape index (κ2) is 10.5. The van der Waals surface area contributed by atoms with E-state index in [4.69, 9.17) is 4.74 Å². The van der Waals surface area contributed by atoms with E-state index in [1.54, 1.807) is 4.57 Å². The van der Waals surface area contributed by atoms with Crippen molar-refractivity contribution >= 4 is 34.5 Å². The van der Waals surface area contributed by atoms with Crippen LogP contribution in [-0.2, 0) is 4.74 Å². The van der Waals surface area contributed by atoms with Crippen molar-refractivity contribution in [3.63, 3.8) is 0 Å². The minimum Gasteiger partial charge on any atom is -0.373 e. The molecule has 2 N–H and O–H groups in total. The minimum absolute atomic E-state index is 0.00654. The number of hydrogen-bond acceptors (Lipinski definition) is 8. The fraction of sp³-hybridized carbons (Fsp3) is 0.423. The smallest absolute Gasteiger partial charge is 0.261 e. The van der Waals surface area contributed by atoms with E-state index in [0.29, 0.717) is 25.1 Å². The molecule has 2 aliphatic heterocycles. The number of anilines is 1. The zero-order chi connectivity index (χ0) is 26.2. The molecule has 11 heteroatoms. The fourth-order valence-corrected chi connectivity index (χ4v) is 5.48. The predicted molar refractivity (Wildman–Crippen MR) is 140 cm³/mol. The van der Waals surface area contributed by atoms with E-state index >= 15 is 4.39 Å². The maximum atomic E-state index is 15.2. The van der Waals surface area contributed by atoms with Crippen LogP contribution in [0.15, 0.2) is 41.5 Å². The van der Waals surface area contributed by atoms with E-state index in [2.05, 4.69) is 15.0 Å². The van der Waals surface area contributed by atoms with E-state index in [0.717, 1.165) is 44.1 Å². The first-order valence-electron chi connectivity index (χ1n) is 12.3. The lowest BCUT2D eigenvalue weighted by molar-refractivity contribution is -0.0196. The van der Waals surface area contributed by atoms with Crippen molar-refractivity contribution in [3.05, 3.63) is 69.8 Å². The summed E-state index contributed by atoms with van der Waals surface area (Å²) >= 11 is 1.13. The number of ether oxygens (including phenoxy) is 1. The molecule has 1 aromatic heterocycles. The number of piperidine rings is 1. The third kappa shape index (κ3) is 5.00. The van der Waals surface area contributed by atoms with Crippen LogP contribution in [0, 0.1) is 11.6 Å². The molecular weight excluding hydrogens is 500 g/mol. The third-order valence-electron chi connectivity index (χ3n) is 7.22. The molecule has 2 aliphatic rings. The molecule has 2 saturated heterocycles. The van der Waals surface area contributed by atoms with Crippen molar-refractivity contribution in [2.75, 3.05) is 38.0 Å². The summed E-state index contributed by atoms with van der Waals surface area (Å²) in [5.74, 6) is -2.80. The van der Waals surface area contributed by atoms with Gasteiger partial charge in [-0.3, -0.25) is 14.2 Å². The molecule has 0 radical (unpaired) electrons. The molecular formula is C26H29F2N5O3S. The number of rotatable bonds is 7. The Morgan fingerprint density at radius 3 is 2.84 bits per heavy atom. The number of aromatic nitrogens is 2.